The van der Waals surface area contributed by atoms with Crippen LogP contribution < -0.4 is 5.73 Å². The molecule has 2 nitrogen and oxygen atoms in total. The minimum absolute atomic E-state index is 0. The highest BCUT2D eigenvalue weighted by molar-refractivity contribution is 6.31. The summed E-state index contributed by atoms with van der Waals surface area (Å²) < 4.78 is 13.2. The maximum Gasteiger partial charge on any atom is 0.129 e. The lowest BCUT2D eigenvalue weighted by molar-refractivity contribution is 0.265. The first-order chi connectivity index (χ1) is 6.06. The summed E-state index contributed by atoms with van der Waals surface area (Å²) in [4.78, 5) is 0. The number of benzene rings is 1. The standard InChI is InChI=1S/C9H11ClFNO.ClH/c1-5-2-6(9(12)4-13)8(11)3-7(5)10;/h2-3,9,13H,4,12H2,1H3;1H. The highest BCUT2D eigenvalue weighted by atomic mass is 35.5. The van der Waals surface area contributed by atoms with Crippen molar-refractivity contribution >= 4 is 24.0 Å². The maximum absolute atomic E-state index is 13.2. The van der Waals surface area contributed by atoms with Crippen LogP contribution in [-0.4, -0.2) is 11.7 Å². The van der Waals surface area contributed by atoms with E-state index in [1.807, 2.05) is 0 Å². The third kappa shape index (κ3) is 2.82. The molecular formula is C9H12Cl2FNO. The molecule has 80 valence electrons. The summed E-state index contributed by atoms with van der Waals surface area (Å²) in [5.74, 6) is -0.475. The van der Waals surface area contributed by atoms with Crippen molar-refractivity contribution in [2.45, 2.75) is 13.0 Å². The number of aliphatic hydroxyl groups is 1. The van der Waals surface area contributed by atoms with Crippen molar-refractivity contribution in [1.82, 2.24) is 0 Å². The highest BCUT2D eigenvalue weighted by Gasteiger charge is 2.12. The first kappa shape index (κ1) is 13.7. The Balaban J connectivity index is 0.00000169. The van der Waals surface area contributed by atoms with Gasteiger partial charge < -0.3 is 10.8 Å². The summed E-state index contributed by atoms with van der Waals surface area (Å²) in [5.41, 5.74) is 6.53. The number of hydrogen-bond acceptors (Lipinski definition) is 2. The van der Waals surface area contributed by atoms with E-state index in [1.165, 1.54) is 6.07 Å². The Hall–Kier alpha value is -0.350. The number of aliphatic hydroxyl groups excluding tert-OH is 1. The molecule has 1 aromatic carbocycles. The van der Waals surface area contributed by atoms with Crippen molar-refractivity contribution in [3.63, 3.8) is 0 Å². The Bertz CT molecular complexity index is 320. The summed E-state index contributed by atoms with van der Waals surface area (Å²) in [5, 5.41) is 9.12. The summed E-state index contributed by atoms with van der Waals surface area (Å²) in [6, 6.07) is 2.08. The molecule has 0 fully saturated rings. The number of aryl methyl sites for hydroxylation is 1. The lowest BCUT2D eigenvalue weighted by atomic mass is 10.1. The van der Waals surface area contributed by atoms with Gasteiger partial charge in [-0.1, -0.05) is 17.7 Å². The van der Waals surface area contributed by atoms with E-state index in [4.69, 9.17) is 22.4 Å². The van der Waals surface area contributed by atoms with Crippen LogP contribution in [0.3, 0.4) is 0 Å². The monoisotopic (exact) mass is 239 g/mol. The van der Waals surface area contributed by atoms with Gasteiger partial charge >= 0.3 is 0 Å². The zero-order valence-corrected chi connectivity index (χ0v) is 9.20. The smallest absolute Gasteiger partial charge is 0.129 e. The molecule has 1 rings (SSSR count). The number of nitrogens with two attached hydrogens (primary N) is 1. The van der Waals surface area contributed by atoms with Gasteiger partial charge in [-0.3, -0.25) is 0 Å². The predicted octanol–water partition coefficient (Wildman–Crippen LogP) is 2.20. The van der Waals surface area contributed by atoms with Crippen LogP contribution in [0.25, 0.3) is 0 Å². The van der Waals surface area contributed by atoms with Crippen LogP contribution in [0.4, 0.5) is 4.39 Å². The first-order valence-electron chi connectivity index (χ1n) is 3.88. The quantitative estimate of drug-likeness (QED) is 0.832. The van der Waals surface area contributed by atoms with Gasteiger partial charge in [-0.2, -0.15) is 0 Å². The van der Waals surface area contributed by atoms with E-state index in [9.17, 15) is 4.39 Å². The molecule has 0 aromatic heterocycles. The third-order valence-corrected chi connectivity index (χ3v) is 2.28. The topological polar surface area (TPSA) is 46.2 Å². The molecule has 0 radical (unpaired) electrons. The predicted molar refractivity (Wildman–Crippen MR) is 57.4 cm³/mol. The summed E-state index contributed by atoms with van der Waals surface area (Å²) in [6.45, 7) is 1.48. The van der Waals surface area contributed by atoms with Crippen LogP contribution in [0.1, 0.15) is 17.2 Å². The highest BCUT2D eigenvalue weighted by Crippen LogP contribution is 2.23. The zero-order chi connectivity index (χ0) is 10.0. The van der Waals surface area contributed by atoms with Gasteiger partial charge in [0.15, 0.2) is 0 Å². The first-order valence-corrected chi connectivity index (χ1v) is 4.26. The van der Waals surface area contributed by atoms with Crippen LogP contribution in [0.15, 0.2) is 12.1 Å². The second-order valence-electron chi connectivity index (χ2n) is 2.91. The summed E-state index contributed by atoms with van der Waals surface area (Å²) >= 11 is 5.69. The van der Waals surface area contributed by atoms with Gasteiger partial charge in [0.2, 0.25) is 0 Å². The normalized spacial score (nSPS) is 12.1. The van der Waals surface area contributed by atoms with E-state index >= 15 is 0 Å². The lowest BCUT2D eigenvalue weighted by Crippen LogP contribution is -2.16. The fourth-order valence-electron chi connectivity index (χ4n) is 1.06. The SMILES string of the molecule is Cc1cc(C(N)CO)c(F)cc1Cl.Cl. The molecule has 0 aliphatic heterocycles. The van der Waals surface area contributed by atoms with Crippen molar-refractivity contribution in [2.75, 3.05) is 6.61 Å². The second-order valence-corrected chi connectivity index (χ2v) is 3.32. The van der Waals surface area contributed by atoms with Crippen molar-refractivity contribution in [3.8, 4) is 0 Å². The molecule has 1 unspecified atom stereocenters. The fourth-order valence-corrected chi connectivity index (χ4v) is 1.21. The second kappa shape index (κ2) is 5.51. The van der Waals surface area contributed by atoms with Crippen LogP contribution in [0.5, 0.6) is 0 Å². The molecule has 0 saturated heterocycles. The minimum Gasteiger partial charge on any atom is -0.394 e. The molecule has 14 heavy (non-hydrogen) atoms. The van der Waals surface area contributed by atoms with E-state index in [0.717, 1.165) is 5.56 Å². The van der Waals surface area contributed by atoms with E-state index in [-0.39, 0.29) is 19.0 Å². The average molecular weight is 240 g/mol. The van der Waals surface area contributed by atoms with E-state index < -0.39 is 11.9 Å². The molecule has 0 bridgehead atoms. The molecule has 0 aliphatic rings. The van der Waals surface area contributed by atoms with Crippen molar-refractivity contribution in [1.29, 1.82) is 0 Å². The van der Waals surface area contributed by atoms with Crippen LogP contribution >= 0.6 is 24.0 Å². The van der Waals surface area contributed by atoms with Crippen molar-refractivity contribution in [3.05, 3.63) is 34.1 Å². The molecule has 0 amide bonds. The van der Waals surface area contributed by atoms with Crippen molar-refractivity contribution < 1.29 is 9.50 Å². The third-order valence-electron chi connectivity index (χ3n) is 1.87. The molecule has 1 atom stereocenters. The lowest BCUT2D eigenvalue weighted by Gasteiger charge is -2.11. The van der Waals surface area contributed by atoms with E-state index in [1.54, 1.807) is 13.0 Å². The van der Waals surface area contributed by atoms with Crippen LogP contribution in [-0.2, 0) is 0 Å². The Morgan fingerprint density at radius 3 is 2.64 bits per heavy atom. The zero-order valence-electron chi connectivity index (χ0n) is 7.63. The van der Waals surface area contributed by atoms with Gasteiger partial charge in [0, 0.05) is 10.6 Å². The maximum atomic E-state index is 13.2. The summed E-state index contributed by atoms with van der Waals surface area (Å²) in [7, 11) is 0. The number of hydrogen-bond donors (Lipinski definition) is 2. The molecular weight excluding hydrogens is 228 g/mol. The number of halogens is 3. The van der Waals surface area contributed by atoms with Crippen LogP contribution in [0, 0.1) is 12.7 Å². The van der Waals surface area contributed by atoms with E-state index in [2.05, 4.69) is 0 Å². The summed E-state index contributed by atoms with van der Waals surface area (Å²) in [6.07, 6.45) is 0. The Kier molecular flexibility index (Phi) is 5.37. The van der Waals surface area contributed by atoms with Gasteiger partial charge in [0.25, 0.3) is 0 Å². The fraction of sp³-hybridized carbons (Fsp3) is 0.333. The van der Waals surface area contributed by atoms with Gasteiger partial charge in [-0.05, 0) is 18.6 Å². The van der Waals surface area contributed by atoms with Gasteiger partial charge in [-0.15, -0.1) is 12.4 Å². The van der Waals surface area contributed by atoms with Gasteiger partial charge in [-0.25, -0.2) is 4.39 Å². The minimum atomic E-state index is -0.684. The van der Waals surface area contributed by atoms with Gasteiger partial charge in [0.1, 0.15) is 5.82 Å². The molecule has 0 saturated carbocycles. The Morgan fingerprint density at radius 2 is 2.14 bits per heavy atom. The molecule has 5 heteroatoms. The number of rotatable bonds is 2. The Labute approximate surface area is 93.3 Å². The molecule has 0 spiro atoms. The largest absolute Gasteiger partial charge is 0.394 e. The average Bonchev–Trinajstić information content (AvgIpc) is 2.10. The van der Waals surface area contributed by atoms with E-state index in [0.29, 0.717) is 10.6 Å². The van der Waals surface area contributed by atoms with Gasteiger partial charge in [0.05, 0.1) is 12.6 Å². The molecule has 1 aromatic rings. The molecule has 0 aliphatic carbocycles. The molecule has 3 N–H and O–H groups in total. The molecule has 0 heterocycles. The van der Waals surface area contributed by atoms with Crippen molar-refractivity contribution in [2.24, 2.45) is 5.73 Å². The Morgan fingerprint density at radius 1 is 1.57 bits per heavy atom. The van der Waals surface area contributed by atoms with Crippen LogP contribution in [0.2, 0.25) is 5.02 Å².